The van der Waals surface area contributed by atoms with Gasteiger partial charge in [-0.3, -0.25) is 9.59 Å². The van der Waals surface area contributed by atoms with Crippen LogP contribution in [-0.2, 0) is 9.59 Å². The molecule has 0 saturated carbocycles. The van der Waals surface area contributed by atoms with Crippen LogP contribution in [0.3, 0.4) is 0 Å². The number of thioether (sulfide) groups is 1. The highest BCUT2D eigenvalue weighted by Gasteiger charge is 2.42. The van der Waals surface area contributed by atoms with E-state index >= 15 is 0 Å². The molecule has 0 radical (unpaired) electrons. The number of carbonyl (C=O) groups is 3. The van der Waals surface area contributed by atoms with E-state index in [9.17, 15) is 14.4 Å². The summed E-state index contributed by atoms with van der Waals surface area (Å²) in [5.74, 6) is 1.41. The molecule has 4 heterocycles. The Morgan fingerprint density at radius 2 is 2.16 bits per heavy atom. The molecular formula is C22H31N5O3S. The molecule has 4 amide bonds. The molecule has 0 aromatic carbocycles. The van der Waals surface area contributed by atoms with E-state index in [4.69, 9.17) is 0 Å². The molecule has 3 aliphatic heterocycles. The van der Waals surface area contributed by atoms with Gasteiger partial charge in [-0.2, -0.15) is 11.8 Å². The standard InChI is InChI=1S/C22H31N5O3S/c1-14-6-4-9-18(23-14)25-21(29)15-7-5-11-27(12-15)19(28)10-3-2-8-17-20-16(13-31-17)24-22(30)26-20/h4,6,9,15-17,20H,2-3,5,7-8,10-13H2,1H3,(H,23,25,29)(H2,24,26,30)/t15-,16-,17-,20-/m0/s1. The lowest BCUT2D eigenvalue weighted by Crippen LogP contribution is -2.43. The Bertz CT molecular complexity index is 835. The highest BCUT2D eigenvalue weighted by Crippen LogP contribution is 2.33. The van der Waals surface area contributed by atoms with E-state index in [0.717, 1.165) is 50.1 Å². The van der Waals surface area contributed by atoms with Crippen LogP contribution in [0, 0.1) is 12.8 Å². The van der Waals surface area contributed by atoms with E-state index in [2.05, 4.69) is 20.9 Å². The smallest absolute Gasteiger partial charge is 0.315 e. The van der Waals surface area contributed by atoms with Crippen molar-refractivity contribution in [3.63, 3.8) is 0 Å². The second kappa shape index (κ2) is 9.89. The third kappa shape index (κ3) is 5.50. The van der Waals surface area contributed by atoms with Gasteiger partial charge in [-0.05, 0) is 44.7 Å². The van der Waals surface area contributed by atoms with E-state index in [-0.39, 0.29) is 35.8 Å². The lowest BCUT2D eigenvalue weighted by molar-refractivity contribution is -0.134. The summed E-state index contributed by atoms with van der Waals surface area (Å²) in [6.45, 7) is 3.10. The third-order valence-electron chi connectivity index (χ3n) is 6.35. The molecule has 9 heteroatoms. The molecule has 8 nitrogen and oxygen atoms in total. The Morgan fingerprint density at radius 1 is 1.29 bits per heavy atom. The van der Waals surface area contributed by atoms with Gasteiger partial charge in [-0.1, -0.05) is 12.5 Å². The lowest BCUT2D eigenvalue weighted by Gasteiger charge is -2.32. The van der Waals surface area contributed by atoms with Crippen molar-refractivity contribution < 1.29 is 14.4 Å². The summed E-state index contributed by atoms with van der Waals surface area (Å²) in [4.78, 5) is 43.0. The number of piperidine rings is 1. The van der Waals surface area contributed by atoms with Gasteiger partial charge >= 0.3 is 6.03 Å². The van der Waals surface area contributed by atoms with Crippen LogP contribution in [0.1, 0.15) is 44.2 Å². The van der Waals surface area contributed by atoms with Crippen LogP contribution in [0.4, 0.5) is 10.6 Å². The van der Waals surface area contributed by atoms with Gasteiger partial charge in [-0.15, -0.1) is 0 Å². The summed E-state index contributed by atoms with van der Waals surface area (Å²) in [7, 11) is 0. The topological polar surface area (TPSA) is 103 Å². The van der Waals surface area contributed by atoms with Crippen molar-refractivity contribution in [3.8, 4) is 0 Å². The Kier molecular flexibility index (Phi) is 6.99. The summed E-state index contributed by atoms with van der Waals surface area (Å²) in [6, 6.07) is 5.96. The number of fused-ring (bicyclic) bond motifs is 1. The van der Waals surface area contributed by atoms with Gasteiger partial charge in [-0.25, -0.2) is 9.78 Å². The van der Waals surface area contributed by atoms with Gasteiger partial charge in [0, 0.05) is 36.2 Å². The van der Waals surface area contributed by atoms with Crippen LogP contribution in [0.2, 0.25) is 0 Å². The molecule has 3 fully saturated rings. The van der Waals surface area contributed by atoms with Crippen molar-refractivity contribution in [2.75, 3.05) is 24.2 Å². The molecule has 4 rings (SSSR count). The van der Waals surface area contributed by atoms with Crippen LogP contribution in [0.5, 0.6) is 0 Å². The predicted octanol–water partition coefficient (Wildman–Crippen LogP) is 2.29. The molecule has 3 saturated heterocycles. The third-order valence-corrected chi connectivity index (χ3v) is 7.86. The number of aromatic nitrogens is 1. The maximum Gasteiger partial charge on any atom is 0.315 e. The van der Waals surface area contributed by atoms with Crippen molar-refractivity contribution in [1.29, 1.82) is 0 Å². The molecule has 3 N–H and O–H groups in total. The first-order valence-corrected chi connectivity index (χ1v) is 12.3. The van der Waals surface area contributed by atoms with Gasteiger partial charge in [0.05, 0.1) is 18.0 Å². The van der Waals surface area contributed by atoms with Crippen molar-refractivity contribution in [3.05, 3.63) is 23.9 Å². The number of rotatable bonds is 7. The molecular weight excluding hydrogens is 414 g/mol. The van der Waals surface area contributed by atoms with E-state index in [1.807, 2.05) is 35.7 Å². The normalized spacial score (nSPS) is 27.4. The number of carbonyl (C=O) groups excluding carboxylic acids is 3. The Hall–Kier alpha value is -2.29. The number of hydrogen-bond acceptors (Lipinski definition) is 5. The minimum atomic E-state index is -0.190. The first kappa shape index (κ1) is 21.9. The SMILES string of the molecule is Cc1cccc(NC(=O)[C@H]2CCCN(C(=O)CCCC[C@@H]3SC[C@@H]4NC(=O)N[C@@H]43)C2)n1. The highest BCUT2D eigenvalue weighted by atomic mass is 32.2. The van der Waals surface area contributed by atoms with Crippen molar-refractivity contribution in [2.24, 2.45) is 5.92 Å². The van der Waals surface area contributed by atoms with Crippen LogP contribution >= 0.6 is 11.8 Å². The van der Waals surface area contributed by atoms with Gasteiger partial charge in [0.25, 0.3) is 0 Å². The maximum absolute atomic E-state index is 12.7. The second-order valence-corrected chi connectivity index (χ2v) is 9.97. The summed E-state index contributed by atoms with van der Waals surface area (Å²) >= 11 is 1.91. The van der Waals surface area contributed by atoms with Gasteiger partial charge in [0.2, 0.25) is 11.8 Å². The molecule has 0 bridgehead atoms. The van der Waals surface area contributed by atoms with Crippen molar-refractivity contribution in [2.45, 2.75) is 62.8 Å². The van der Waals surface area contributed by atoms with Gasteiger partial charge in [0.15, 0.2) is 0 Å². The van der Waals surface area contributed by atoms with Crippen molar-refractivity contribution in [1.82, 2.24) is 20.5 Å². The monoisotopic (exact) mass is 445 g/mol. The maximum atomic E-state index is 12.7. The van der Waals surface area contributed by atoms with Crippen LogP contribution in [0.25, 0.3) is 0 Å². The number of pyridine rings is 1. The lowest BCUT2D eigenvalue weighted by atomic mass is 9.96. The summed E-state index contributed by atoms with van der Waals surface area (Å²) < 4.78 is 0. The summed E-state index contributed by atoms with van der Waals surface area (Å²) in [5.41, 5.74) is 0.858. The van der Waals surface area contributed by atoms with Gasteiger partial charge < -0.3 is 20.9 Å². The fourth-order valence-corrected chi connectivity index (χ4v) is 6.23. The van der Waals surface area contributed by atoms with Crippen LogP contribution in [0.15, 0.2) is 18.2 Å². The largest absolute Gasteiger partial charge is 0.342 e. The zero-order chi connectivity index (χ0) is 21.8. The summed E-state index contributed by atoms with van der Waals surface area (Å²) in [5, 5.41) is 9.29. The van der Waals surface area contributed by atoms with E-state index in [1.165, 1.54) is 0 Å². The summed E-state index contributed by atoms with van der Waals surface area (Å²) in [6.07, 6.45) is 4.98. The number of amides is 4. The van der Waals surface area contributed by atoms with E-state index < -0.39 is 0 Å². The fourth-order valence-electron chi connectivity index (χ4n) is 4.68. The number of unbranched alkanes of at least 4 members (excludes halogenated alkanes) is 1. The predicted molar refractivity (Wildman–Crippen MR) is 121 cm³/mol. The Morgan fingerprint density at radius 3 is 3.00 bits per heavy atom. The number of aryl methyl sites for hydroxylation is 1. The molecule has 1 aromatic rings. The zero-order valence-electron chi connectivity index (χ0n) is 17.9. The molecule has 4 atom stereocenters. The first-order valence-electron chi connectivity index (χ1n) is 11.2. The zero-order valence-corrected chi connectivity index (χ0v) is 18.7. The first-order chi connectivity index (χ1) is 15.0. The highest BCUT2D eigenvalue weighted by molar-refractivity contribution is 8.00. The van der Waals surface area contributed by atoms with Crippen molar-refractivity contribution >= 4 is 35.4 Å². The van der Waals surface area contributed by atoms with Gasteiger partial charge in [0.1, 0.15) is 5.82 Å². The number of nitrogens with zero attached hydrogens (tertiary/aromatic N) is 2. The minimum absolute atomic E-state index is 0.0580. The molecule has 3 aliphatic rings. The molecule has 0 aliphatic carbocycles. The molecule has 31 heavy (non-hydrogen) atoms. The number of likely N-dealkylation sites (tertiary alicyclic amines) is 1. The molecule has 0 spiro atoms. The molecule has 0 unspecified atom stereocenters. The molecule has 168 valence electrons. The minimum Gasteiger partial charge on any atom is -0.342 e. The second-order valence-electron chi connectivity index (χ2n) is 8.70. The average molecular weight is 446 g/mol. The molecule has 1 aromatic heterocycles. The number of nitrogens with one attached hydrogen (secondary N) is 3. The van der Waals surface area contributed by atoms with E-state index in [0.29, 0.717) is 24.0 Å². The van der Waals surface area contributed by atoms with Crippen LogP contribution < -0.4 is 16.0 Å². The quantitative estimate of drug-likeness (QED) is 0.441. The average Bonchev–Trinajstić information content (AvgIpc) is 3.30. The number of urea groups is 1. The Labute approximate surface area is 187 Å². The number of anilines is 1. The Balaban J connectivity index is 1.18. The van der Waals surface area contributed by atoms with E-state index in [1.54, 1.807) is 6.07 Å². The van der Waals surface area contributed by atoms with Crippen LogP contribution in [-0.4, -0.2) is 63.9 Å². The number of hydrogen-bond donors (Lipinski definition) is 3. The fraction of sp³-hybridized carbons (Fsp3) is 0.636.